The number of nitrogens with zero attached hydrogens (tertiary/aromatic N) is 3. The number of carboxylic acid groups (broad SMARTS) is 1. The van der Waals surface area contributed by atoms with Gasteiger partial charge in [-0.1, -0.05) is 89.8 Å². The summed E-state index contributed by atoms with van der Waals surface area (Å²) in [6.45, 7) is 12.6. The van der Waals surface area contributed by atoms with Crippen LogP contribution >= 0.6 is 11.3 Å². The second-order valence-electron chi connectivity index (χ2n) is 14.8. The Balaban J connectivity index is 1.28. The molecule has 0 spiro atoms. The third kappa shape index (κ3) is 10.5. The topological polar surface area (TPSA) is 147 Å². The number of rotatable bonds is 18. The molecule has 3 aromatic heterocycles. The van der Waals surface area contributed by atoms with E-state index in [9.17, 15) is 19.5 Å². The molecule has 0 saturated heterocycles. The molecule has 284 valence electrons. The van der Waals surface area contributed by atoms with Crippen molar-refractivity contribution in [2.75, 3.05) is 6.61 Å². The Morgan fingerprint density at radius 2 is 1.54 bits per heavy atom. The number of ketones is 1. The highest BCUT2D eigenvalue weighted by atomic mass is 32.1. The zero-order chi connectivity index (χ0) is 38.8. The van der Waals surface area contributed by atoms with Crippen molar-refractivity contribution < 1.29 is 24.2 Å². The number of hydrogen-bond acceptors (Lipinski definition) is 8. The predicted molar refractivity (Wildman–Crippen MR) is 213 cm³/mol. The van der Waals surface area contributed by atoms with Crippen molar-refractivity contribution in [2.24, 2.45) is 5.92 Å². The number of aromatic amines is 1. The molecule has 0 aliphatic rings. The smallest absolute Gasteiger partial charge is 0.331 e. The summed E-state index contributed by atoms with van der Waals surface area (Å²) in [5.74, 6) is -1.31. The highest BCUT2D eigenvalue weighted by Gasteiger charge is 2.32. The Morgan fingerprint density at radius 1 is 0.870 bits per heavy atom. The number of nitrogens with one attached hydrogen (secondary N) is 2. The lowest BCUT2D eigenvalue weighted by Crippen LogP contribution is -2.39. The molecule has 2 atom stereocenters. The van der Waals surface area contributed by atoms with Gasteiger partial charge in [-0.15, -0.1) is 11.3 Å². The molecular formula is C43H51N5O5S. The van der Waals surface area contributed by atoms with Crippen molar-refractivity contribution in [3.8, 4) is 28.3 Å². The molecule has 0 saturated carbocycles. The highest BCUT2D eigenvalue weighted by molar-refractivity contribution is 7.14. The lowest BCUT2D eigenvalue weighted by atomic mass is 9.91. The van der Waals surface area contributed by atoms with Gasteiger partial charge in [-0.3, -0.25) is 14.7 Å². The number of carboxylic acids is 1. The first-order valence-electron chi connectivity index (χ1n) is 18.7. The summed E-state index contributed by atoms with van der Waals surface area (Å²) in [4.78, 5) is 50.7. The van der Waals surface area contributed by atoms with E-state index in [2.05, 4.69) is 53.2 Å². The molecule has 0 aliphatic heterocycles. The minimum Gasteiger partial charge on any atom is -0.494 e. The van der Waals surface area contributed by atoms with Gasteiger partial charge in [0.05, 0.1) is 17.2 Å². The first kappa shape index (κ1) is 40.0. The number of benzene rings is 2. The van der Waals surface area contributed by atoms with Gasteiger partial charge in [-0.05, 0) is 67.5 Å². The number of H-pyrrole nitrogens is 1. The van der Waals surface area contributed by atoms with Crippen molar-refractivity contribution >= 4 is 29.0 Å². The van der Waals surface area contributed by atoms with Crippen LogP contribution in [0.4, 0.5) is 0 Å². The van der Waals surface area contributed by atoms with Gasteiger partial charge in [0, 0.05) is 52.0 Å². The number of thiophene rings is 1. The van der Waals surface area contributed by atoms with Crippen LogP contribution < -0.4 is 10.1 Å². The summed E-state index contributed by atoms with van der Waals surface area (Å²) in [6, 6.07) is 18.0. The number of ether oxygens (including phenoxy) is 1. The van der Waals surface area contributed by atoms with Gasteiger partial charge in [0.15, 0.2) is 17.6 Å². The molecule has 54 heavy (non-hydrogen) atoms. The molecule has 0 aliphatic carbocycles. The van der Waals surface area contributed by atoms with Gasteiger partial charge in [0.25, 0.3) is 0 Å². The van der Waals surface area contributed by atoms with Crippen molar-refractivity contribution in [1.29, 1.82) is 0 Å². The average Bonchev–Trinajstić information content (AvgIpc) is 3.79. The van der Waals surface area contributed by atoms with Gasteiger partial charge < -0.3 is 15.2 Å². The molecule has 5 rings (SSSR count). The van der Waals surface area contributed by atoms with E-state index in [1.54, 1.807) is 26.2 Å². The molecule has 1 amide bonds. The van der Waals surface area contributed by atoms with Crippen molar-refractivity contribution in [2.45, 2.75) is 97.9 Å². The zero-order valence-electron chi connectivity index (χ0n) is 32.1. The van der Waals surface area contributed by atoms with Gasteiger partial charge in [0.1, 0.15) is 5.75 Å². The van der Waals surface area contributed by atoms with Crippen LogP contribution in [0.3, 0.4) is 0 Å². The fourth-order valence-corrected chi connectivity index (χ4v) is 7.33. The highest BCUT2D eigenvalue weighted by Crippen LogP contribution is 2.31. The second kappa shape index (κ2) is 18.2. The summed E-state index contributed by atoms with van der Waals surface area (Å²) in [5, 5.41) is 19.7. The third-order valence-electron chi connectivity index (χ3n) is 9.48. The van der Waals surface area contributed by atoms with Crippen LogP contribution in [0.15, 0.2) is 73.1 Å². The van der Waals surface area contributed by atoms with E-state index in [4.69, 9.17) is 4.74 Å². The van der Waals surface area contributed by atoms with Crippen molar-refractivity contribution in [1.82, 2.24) is 25.5 Å². The minimum absolute atomic E-state index is 0.0793. The Kier molecular flexibility index (Phi) is 13.5. The summed E-state index contributed by atoms with van der Waals surface area (Å²) in [5.41, 5.74) is 4.82. The monoisotopic (exact) mass is 749 g/mol. The molecule has 10 nitrogen and oxygen atoms in total. The molecule has 2 aromatic carbocycles. The van der Waals surface area contributed by atoms with E-state index in [0.29, 0.717) is 27.7 Å². The van der Waals surface area contributed by atoms with Crippen LogP contribution in [0.1, 0.15) is 109 Å². The molecular weight excluding hydrogens is 699 g/mol. The molecule has 0 fully saturated rings. The number of aromatic nitrogens is 4. The third-order valence-corrected chi connectivity index (χ3v) is 11.0. The molecule has 5 aromatic rings. The lowest BCUT2D eigenvalue weighted by molar-refractivity contribution is -0.142. The van der Waals surface area contributed by atoms with Crippen LogP contribution in [0.2, 0.25) is 0 Å². The SMILES string of the molecule is CCCCCCCOc1ccc(-c2cnc(-c3ccc(C[C@H](CC(=O)c4ccc(C(C)(C)C)s4)C(=O)NC(C(=O)O)c4c(C)n[nH]c4C)cc3)nc2)cc1. The standard InChI is InChI=1S/C43H51N5O5S/c1-7-8-9-10-11-22-53-34-18-16-30(17-19-34)33-25-44-40(45-26-33)31-14-12-29(13-15-31)23-32(24-35(49)36-20-21-37(54-36)43(4,5)6)41(50)46-39(42(51)52)38-27(2)47-48-28(38)3/h12-21,25-26,32,39H,7-11,22-24H2,1-6H3,(H,46,50)(H,47,48)(H,51,52)/t32-,39?/m1/s1. The second-order valence-corrected chi connectivity index (χ2v) is 15.9. The fourth-order valence-electron chi connectivity index (χ4n) is 6.32. The van der Waals surface area contributed by atoms with E-state index >= 15 is 0 Å². The predicted octanol–water partition coefficient (Wildman–Crippen LogP) is 9.23. The number of amides is 1. The van der Waals surface area contributed by atoms with Crippen molar-refractivity contribution in [3.05, 3.63) is 105 Å². The van der Waals surface area contributed by atoms with Crippen LogP contribution in [0.25, 0.3) is 22.5 Å². The molecule has 0 bridgehead atoms. The van der Waals surface area contributed by atoms with Gasteiger partial charge in [0.2, 0.25) is 5.91 Å². The van der Waals surface area contributed by atoms with E-state index < -0.39 is 23.8 Å². The molecule has 3 N–H and O–H groups in total. The quantitative estimate of drug-likeness (QED) is 0.0594. The first-order chi connectivity index (χ1) is 25.8. The van der Waals surface area contributed by atoms with E-state index in [-0.39, 0.29) is 24.0 Å². The maximum Gasteiger partial charge on any atom is 0.331 e. The maximum absolute atomic E-state index is 13.9. The summed E-state index contributed by atoms with van der Waals surface area (Å²) < 4.78 is 5.90. The van der Waals surface area contributed by atoms with Crippen LogP contribution in [-0.2, 0) is 21.4 Å². The average molecular weight is 750 g/mol. The molecule has 1 unspecified atom stereocenters. The fraction of sp³-hybridized carbons (Fsp3) is 0.395. The zero-order valence-corrected chi connectivity index (χ0v) is 32.9. The van der Waals surface area contributed by atoms with Crippen LogP contribution in [-0.4, -0.2) is 49.5 Å². The summed E-state index contributed by atoms with van der Waals surface area (Å²) in [7, 11) is 0. The number of Topliss-reactive ketones (excluding diaryl/α,β-unsaturated/α-hetero) is 1. The number of hydrogen-bond donors (Lipinski definition) is 3. The van der Waals surface area contributed by atoms with Crippen LogP contribution in [0.5, 0.6) is 5.75 Å². The molecule has 0 radical (unpaired) electrons. The van der Waals surface area contributed by atoms with Gasteiger partial charge in [-0.2, -0.15) is 5.10 Å². The largest absolute Gasteiger partial charge is 0.494 e. The number of carbonyl (C=O) groups excluding carboxylic acids is 2. The van der Waals surface area contributed by atoms with Crippen molar-refractivity contribution in [3.63, 3.8) is 0 Å². The number of unbranched alkanes of at least 4 members (excludes halogenated alkanes) is 4. The summed E-state index contributed by atoms with van der Waals surface area (Å²) in [6.07, 6.45) is 9.73. The lowest BCUT2D eigenvalue weighted by Gasteiger charge is -2.21. The Hall–Kier alpha value is -5.16. The number of aliphatic carboxylic acids is 1. The number of carbonyl (C=O) groups is 3. The molecule has 11 heteroatoms. The first-order valence-corrected chi connectivity index (χ1v) is 19.5. The minimum atomic E-state index is -1.32. The normalized spacial score (nSPS) is 12.6. The molecule has 3 heterocycles. The van der Waals surface area contributed by atoms with E-state index in [0.717, 1.165) is 45.9 Å². The van der Waals surface area contributed by atoms with E-state index in [1.165, 1.54) is 37.0 Å². The van der Waals surface area contributed by atoms with Gasteiger partial charge >= 0.3 is 5.97 Å². The van der Waals surface area contributed by atoms with Crippen LogP contribution in [0, 0.1) is 19.8 Å². The Bertz CT molecular complexity index is 1990. The van der Waals surface area contributed by atoms with E-state index in [1.807, 2.05) is 60.7 Å². The Morgan fingerprint density at radius 3 is 2.13 bits per heavy atom. The maximum atomic E-state index is 13.9. The van der Waals surface area contributed by atoms with Gasteiger partial charge in [-0.25, -0.2) is 14.8 Å². The number of aryl methyl sites for hydroxylation is 2. The summed E-state index contributed by atoms with van der Waals surface area (Å²) >= 11 is 1.43. The Labute approximate surface area is 321 Å².